The van der Waals surface area contributed by atoms with Crippen LogP contribution in [0.3, 0.4) is 0 Å². The van der Waals surface area contributed by atoms with E-state index < -0.39 is 0 Å². The maximum Gasteiger partial charge on any atom is 0.274 e. The van der Waals surface area contributed by atoms with E-state index in [1.54, 1.807) is 47.1 Å². The van der Waals surface area contributed by atoms with Gasteiger partial charge in [-0.15, -0.1) is 0 Å². The third-order valence-corrected chi connectivity index (χ3v) is 3.21. The van der Waals surface area contributed by atoms with E-state index in [1.807, 2.05) is 6.92 Å². The van der Waals surface area contributed by atoms with E-state index in [9.17, 15) is 9.59 Å². The highest BCUT2D eigenvalue weighted by atomic mass is 16.2. The molecule has 0 atom stereocenters. The van der Waals surface area contributed by atoms with Crippen LogP contribution in [0.25, 0.3) is 5.65 Å². The van der Waals surface area contributed by atoms with E-state index in [0.29, 0.717) is 22.7 Å². The Morgan fingerprint density at radius 3 is 2.57 bits per heavy atom. The molecule has 7 heteroatoms. The molecule has 0 unspecified atom stereocenters. The van der Waals surface area contributed by atoms with Crippen LogP contribution in [0.1, 0.15) is 23.1 Å². The summed E-state index contributed by atoms with van der Waals surface area (Å²) in [6.07, 6.45) is 1.63. The highest BCUT2D eigenvalue weighted by molar-refractivity contribution is 6.03. The average molecular weight is 309 g/mol. The van der Waals surface area contributed by atoms with E-state index in [2.05, 4.69) is 20.7 Å². The SMILES string of the molecule is CC(=O)Nc1cccc(NC(=O)c2cc(C)n3nccc3n2)c1. The molecule has 0 fully saturated rings. The molecule has 0 aliphatic rings. The summed E-state index contributed by atoms with van der Waals surface area (Å²) >= 11 is 0. The molecular weight excluding hydrogens is 294 g/mol. The highest BCUT2D eigenvalue weighted by Crippen LogP contribution is 2.16. The van der Waals surface area contributed by atoms with Gasteiger partial charge in [-0.05, 0) is 31.2 Å². The van der Waals surface area contributed by atoms with Crippen LogP contribution in [0.5, 0.6) is 0 Å². The van der Waals surface area contributed by atoms with Gasteiger partial charge >= 0.3 is 0 Å². The third-order valence-electron chi connectivity index (χ3n) is 3.21. The predicted octanol–water partition coefficient (Wildman–Crippen LogP) is 2.25. The van der Waals surface area contributed by atoms with Crippen LogP contribution in [0.15, 0.2) is 42.6 Å². The van der Waals surface area contributed by atoms with Gasteiger partial charge in [0.2, 0.25) is 5.91 Å². The molecule has 0 saturated carbocycles. The second-order valence-corrected chi connectivity index (χ2v) is 5.10. The Bertz CT molecular complexity index is 900. The van der Waals surface area contributed by atoms with Gasteiger partial charge in [-0.3, -0.25) is 9.59 Å². The van der Waals surface area contributed by atoms with Gasteiger partial charge in [-0.2, -0.15) is 5.10 Å². The number of carbonyl (C=O) groups excluding carboxylic acids is 2. The average Bonchev–Trinajstić information content (AvgIpc) is 2.96. The number of aryl methyl sites for hydroxylation is 1. The number of aromatic nitrogens is 3. The van der Waals surface area contributed by atoms with Gasteiger partial charge in [0.15, 0.2) is 5.65 Å². The first-order valence-electron chi connectivity index (χ1n) is 7.03. The Hall–Kier alpha value is -3.22. The molecule has 2 N–H and O–H groups in total. The molecule has 0 aliphatic carbocycles. The molecule has 2 heterocycles. The molecule has 0 bridgehead atoms. The van der Waals surface area contributed by atoms with Crippen LogP contribution < -0.4 is 10.6 Å². The number of hydrogen-bond donors (Lipinski definition) is 2. The number of fused-ring (bicyclic) bond motifs is 1. The summed E-state index contributed by atoms with van der Waals surface area (Å²) in [6, 6.07) is 10.3. The van der Waals surface area contributed by atoms with Gasteiger partial charge in [-0.1, -0.05) is 6.07 Å². The Morgan fingerprint density at radius 1 is 1.09 bits per heavy atom. The van der Waals surface area contributed by atoms with Crippen LogP contribution in [-0.2, 0) is 4.79 Å². The number of nitrogens with one attached hydrogen (secondary N) is 2. The van der Waals surface area contributed by atoms with Gasteiger partial charge in [0, 0.05) is 30.1 Å². The maximum atomic E-state index is 12.4. The summed E-state index contributed by atoms with van der Waals surface area (Å²) in [6.45, 7) is 3.29. The van der Waals surface area contributed by atoms with Crippen molar-refractivity contribution < 1.29 is 9.59 Å². The Labute approximate surface area is 132 Å². The highest BCUT2D eigenvalue weighted by Gasteiger charge is 2.11. The first-order chi connectivity index (χ1) is 11.0. The standard InChI is InChI=1S/C16H15N5O2/c1-10-8-14(20-15-6-7-17-21(10)15)16(23)19-13-5-3-4-12(9-13)18-11(2)22/h3-9H,1-2H3,(H,18,22)(H,19,23). The third kappa shape index (κ3) is 3.18. The van der Waals surface area contributed by atoms with Crippen molar-refractivity contribution in [3.63, 3.8) is 0 Å². The number of carbonyl (C=O) groups is 2. The normalized spacial score (nSPS) is 10.5. The van der Waals surface area contributed by atoms with Gasteiger partial charge < -0.3 is 10.6 Å². The number of nitrogens with zero attached hydrogens (tertiary/aromatic N) is 3. The summed E-state index contributed by atoms with van der Waals surface area (Å²) in [5.74, 6) is -0.492. The number of rotatable bonds is 3. The molecule has 0 saturated heterocycles. The fraction of sp³-hybridized carbons (Fsp3) is 0.125. The lowest BCUT2D eigenvalue weighted by atomic mass is 10.2. The van der Waals surface area contributed by atoms with Gasteiger partial charge in [0.25, 0.3) is 5.91 Å². The molecule has 0 aliphatic heterocycles. The summed E-state index contributed by atoms with van der Waals surface area (Å²) in [4.78, 5) is 27.7. The zero-order valence-corrected chi connectivity index (χ0v) is 12.7. The Kier molecular flexibility index (Phi) is 3.76. The quantitative estimate of drug-likeness (QED) is 0.776. The van der Waals surface area contributed by atoms with Crippen LogP contribution in [0, 0.1) is 6.92 Å². The van der Waals surface area contributed by atoms with E-state index in [1.165, 1.54) is 6.92 Å². The minimum atomic E-state index is -0.322. The molecule has 2 amide bonds. The van der Waals surface area contributed by atoms with Crippen molar-refractivity contribution in [2.24, 2.45) is 0 Å². The first kappa shape index (κ1) is 14.7. The van der Waals surface area contributed by atoms with E-state index in [0.717, 1.165) is 5.69 Å². The van der Waals surface area contributed by atoms with Crippen LogP contribution >= 0.6 is 0 Å². The van der Waals surface area contributed by atoms with E-state index in [-0.39, 0.29) is 11.8 Å². The number of hydrogen-bond acceptors (Lipinski definition) is 4. The zero-order valence-electron chi connectivity index (χ0n) is 12.7. The van der Waals surface area contributed by atoms with Crippen molar-refractivity contribution in [1.29, 1.82) is 0 Å². The lowest BCUT2D eigenvalue weighted by Gasteiger charge is -2.08. The summed E-state index contributed by atoms with van der Waals surface area (Å²) in [5.41, 5.74) is 2.93. The van der Waals surface area contributed by atoms with Crippen molar-refractivity contribution in [3.05, 3.63) is 54.0 Å². The van der Waals surface area contributed by atoms with Gasteiger partial charge in [0.05, 0.1) is 6.20 Å². The van der Waals surface area contributed by atoms with Crippen molar-refractivity contribution in [2.75, 3.05) is 10.6 Å². The summed E-state index contributed by atoms with van der Waals surface area (Å²) in [7, 11) is 0. The maximum absolute atomic E-state index is 12.4. The molecule has 0 radical (unpaired) electrons. The molecule has 0 spiro atoms. The van der Waals surface area contributed by atoms with Crippen molar-refractivity contribution in [3.8, 4) is 0 Å². The van der Waals surface area contributed by atoms with E-state index >= 15 is 0 Å². The number of benzene rings is 1. The van der Waals surface area contributed by atoms with Crippen molar-refractivity contribution >= 4 is 28.8 Å². The molecule has 3 aromatic rings. The van der Waals surface area contributed by atoms with Crippen LogP contribution in [0.4, 0.5) is 11.4 Å². The smallest absolute Gasteiger partial charge is 0.274 e. The molecular formula is C16H15N5O2. The lowest BCUT2D eigenvalue weighted by molar-refractivity contribution is -0.114. The van der Waals surface area contributed by atoms with Crippen molar-refractivity contribution in [1.82, 2.24) is 14.6 Å². The Morgan fingerprint density at radius 2 is 1.83 bits per heavy atom. The molecule has 3 rings (SSSR count). The fourth-order valence-electron chi connectivity index (χ4n) is 2.26. The minimum absolute atomic E-state index is 0.169. The largest absolute Gasteiger partial charge is 0.326 e. The topological polar surface area (TPSA) is 88.4 Å². The monoisotopic (exact) mass is 309 g/mol. The molecule has 23 heavy (non-hydrogen) atoms. The molecule has 1 aromatic carbocycles. The lowest BCUT2D eigenvalue weighted by Crippen LogP contribution is -2.15. The van der Waals surface area contributed by atoms with Crippen LogP contribution in [-0.4, -0.2) is 26.4 Å². The molecule has 116 valence electrons. The van der Waals surface area contributed by atoms with Gasteiger partial charge in [0.1, 0.15) is 5.69 Å². The Balaban J connectivity index is 1.84. The second-order valence-electron chi connectivity index (χ2n) is 5.10. The zero-order chi connectivity index (χ0) is 16.4. The molecule has 2 aromatic heterocycles. The second kappa shape index (κ2) is 5.88. The summed E-state index contributed by atoms with van der Waals surface area (Å²) in [5, 5.41) is 9.57. The molecule has 7 nitrogen and oxygen atoms in total. The minimum Gasteiger partial charge on any atom is -0.326 e. The predicted molar refractivity (Wildman–Crippen MR) is 86.4 cm³/mol. The summed E-state index contributed by atoms with van der Waals surface area (Å²) < 4.78 is 1.66. The number of amides is 2. The number of anilines is 2. The van der Waals surface area contributed by atoms with Crippen LogP contribution in [0.2, 0.25) is 0 Å². The van der Waals surface area contributed by atoms with Gasteiger partial charge in [-0.25, -0.2) is 9.50 Å². The first-order valence-corrected chi connectivity index (χ1v) is 7.03. The van der Waals surface area contributed by atoms with E-state index in [4.69, 9.17) is 0 Å². The van der Waals surface area contributed by atoms with Crippen molar-refractivity contribution in [2.45, 2.75) is 13.8 Å². The fourth-order valence-corrected chi connectivity index (χ4v) is 2.26.